The van der Waals surface area contributed by atoms with E-state index in [1.54, 1.807) is 18.2 Å². The van der Waals surface area contributed by atoms with Crippen molar-refractivity contribution in [2.24, 2.45) is 0 Å². The van der Waals surface area contributed by atoms with E-state index >= 15 is 0 Å². The molecule has 0 unspecified atom stereocenters. The molecule has 0 fully saturated rings. The Balaban J connectivity index is 1.57. The molecule has 2 aliphatic rings. The van der Waals surface area contributed by atoms with Crippen LogP contribution < -0.4 is 9.47 Å². The molecule has 0 saturated carbocycles. The predicted octanol–water partition coefficient (Wildman–Crippen LogP) is 3.36. The maximum Gasteiger partial charge on any atom is 0.261 e. The minimum Gasteiger partial charge on any atom is -0.454 e. The van der Waals surface area contributed by atoms with Crippen LogP contribution in [0.1, 0.15) is 26.3 Å². The Morgan fingerprint density at radius 3 is 2.24 bits per heavy atom. The summed E-state index contributed by atoms with van der Waals surface area (Å²) in [4.78, 5) is 27.1. The van der Waals surface area contributed by atoms with Gasteiger partial charge in [0.1, 0.15) is 0 Å². The van der Waals surface area contributed by atoms with Crippen LogP contribution in [0.25, 0.3) is 10.8 Å². The highest BCUT2D eigenvalue weighted by molar-refractivity contribution is 6.25. The number of nitrogens with zero attached hydrogens (tertiary/aromatic N) is 1. The zero-order valence-electron chi connectivity index (χ0n) is 13.2. The fraction of sp³-hybridized carbons (Fsp3) is 0.100. The van der Waals surface area contributed by atoms with Crippen LogP contribution >= 0.6 is 0 Å². The Hall–Kier alpha value is -3.34. The van der Waals surface area contributed by atoms with Crippen molar-refractivity contribution in [3.8, 4) is 11.5 Å². The standard InChI is InChI=1S/C20H13NO4/c22-19-14-5-1-3-13-4-2-6-15(18(13)14)20(23)21(19)10-12-7-8-16-17(9-12)25-11-24-16/h1-9H,10-11H2. The molecule has 0 spiro atoms. The van der Waals surface area contributed by atoms with Crippen LogP contribution in [0.2, 0.25) is 0 Å². The van der Waals surface area contributed by atoms with Crippen molar-refractivity contribution in [3.05, 3.63) is 71.3 Å². The van der Waals surface area contributed by atoms with Crippen LogP contribution in [0.5, 0.6) is 11.5 Å². The molecule has 0 saturated heterocycles. The van der Waals surface area contributed by atoms with E-state index in [1.165, 1.54) is 4.90 Å². The van der Waals surface area contributed by atoms with Gasteiger partial charge in [-0.15, -0.1) is 0 Å². The van der Waals surface area contributed by atoms with Gasteiger partial charge in [0.05, 0.1) is 6.54 Å². The van der Waals surface area contributed by atoms with Crippen LogP contribution in [-0.4, -0.2) is 23.5 Å². The lowest BCUT2D eigenvalue weighted by molar-refractivity contribution is 0.0598. The lowest BCUT2D eigenvalue weighted by Crippen LogP contribution is -2.39. The van der Waals surface area contributed by atoms with Crippen LogP contribution in [0.4, 0.5) is 0 Å². The monoisotopic (exact) mass is 331 g/mol. The lowest BCUT2D eigenvalue weighted by atomic mass is 9.94. The second-order valence-electron chi connectivity index (χ2n) is 6.09. The van der Waals surface area contributed by atoms with Crippen LogP contribution in [0.15, 0.2) is 54.6 Å². The van der Waals surface area contributed by atoms with Crippen molar-refractivity contribution in [2.45, 2.75) is 6.54 Å². The average Bonchev–Trinajstić information content (AvgIpc) is 3.11. The van der Waals surface area contributed by atoms with Gasteiger partial charge in [-0.05, 0) is 35.2 Å². The number of hydrogen-bond acceptors (Lipinski definition) is 4. The lowest BCUT2D eigenvalue weighted by Gasteiger charge is -2.27. The molecule has 3 aromatic carbocycles. The molecule has 0 atom stereocenters. The zero-order chi connectivity index (χ0) is 17.0. The Labute approximate surface area is 143 Å². The Morgan fingerprint density at radius 2 is 1.52 bits per heavy atom. The topological polar surface area (TPSA) is 55.8 Å². The largest absolute Gasteiger partial charge is 0.454 e. The molecule has 2 amide bonds. The second kappa shape index (κ2) is 5.08. The third-order valence-corrected chi connectivity index (χ3v) is 4.63. The Kier molecular flexibility index (Phi) is 2.85. The Bertz CT molecular complexity index is 1010. The summed E-state index contributed by atoms with van der Waals surface area (Å²) < 4.78 is 10.7. The smallest absolute Gasteiger partial charge is 0.261 e. The quantitative estimate of drug-likeness (QED) is 0.676. The van der Waals surface area contributed by atoms with Gasteiger partial charge in [0.25, 0.3) is 11.8 Å². The average molecular weight is 331 g/mol. The summed E-state index contributed by atoms with van der Waals surface area (Å²) in [6, 6.07) is 16.5. The number of amides is 2. The highest BCUT2D eigenvalue weighted by atomic mass is 16.7. The minimum absolute atomic E-state index is 0.190. The number of imide groups is 1. The molecule has 0 N–H and O–H groups in total. The number of fused-ring (bicyclic) bond motifs is 1. The summed E-state index contributed by atoms with van der Waals surface area (Å²) in [6.07, 6.45) is 0. The molecule has 5 rings (SSSR count). The van der Waals surface area contributed by atoms with Crippen molar-refractivity contribution in [1.82, 2.24) is 4.90 Å². The third kappa shape index (κ3) is 2.02. The van der Waals surface area contributed by atoms with Gasteiger partial charge < -0.3 is 9.47 Å². The van der Waals surface area contributed by atoms with Crippen LogP contribution in [-0.2, 0) is 6.54 Å². The number of benzene rings is 3. The van der Waals surface area contributed by atoms with Gasteiger partial charge in [0.2, 0.25) is 6.79 Å². The van der Waals surface area contributed by atoms with Crippen molar-refractivity contribution in [1.29, 1.82) is 0 Å². The molecule has 0 aromatic heterocycles. The van der Waals surface area contributed by atoms with Gasteiger partial charge in [-0.1, -0.05) is 30.3 Å². The predicted molar refractivity (Wildman–Crippen MR) is 90.7 cm³/mol. The molecular formula is C20H13NO4. The number of rotatable bonds is 2. The van der Waals surface area contributed by atoms with E-state index in [1.807, 2.05) is 36.4 Å². The number of carbonyl (C=O) groups excluding carboxylic acids is 2. The van der Waals surface area contributed by atoms with Crippen LogP contribution in [0.3, 0.4) is 0 Å². The van der Waals surface area contributed by atoms with E-state index < -0.39 is 0 Å². The van der Waals surface area contributed by atoms with E-state index in [4.69, 9.17) is 9.47 Å². The number of hydrogen-bond donors (Lipinski definition) is 0. The maximum atomic E-state index is 12.9. The molecule has 122 valence electrons. The Morgan fingerprint density at radius 1 is 0.840 bits per heavy atom. The van der Waals surface area contributed by atoms with Crippen molar-refractivity contribution >= 4 is 22.6 Å². The van der Waals surface area contributed by atoms with Gasteiger partial charge in [0, 0.05) is 16.5 Å². The minimum atomic E-state index is -0.271. The normalized spacial score (nSPS) is 15.1. The van der Waals surface area contributed by atoms with E-state index in [0.29, 0.717) is 22.6 Å². The second-order valence-corrected chi connectivity index (χ2v) is 6.09. The maximum absolute atomic E-state index is 12.9. The molecule has 3 aromatic rings. The summed E-state index contributed by atoms with van der Waals surface area (Å²) >= 11 is 0. The van der Waals surface area contributed by atoms with Gasteiger partial charge in [-0.25, -0.2) is 0 Å². The molecular weight excluding hydrogens is 318 g/mol. The first-order valence-electron chi connectivity index (χ1n) is 7.99. The summed E-state index contributed by atoms with van der Waals surface area (Å²) in [5, 5.41) is 1.64. The highest BCUT2D eigenvalue weighted by Gasteiger charge is 2.32. The van der Waals surface area contributed by atoms with Crippen molar-refractivity contribution in [2.75, 3.05) is 6.79 Å². The summed E-state index contributed by atoms with van der Waals surface area (Å²) in [6.45, 7) is 0.384. The molecule has 2 heterocycles. The summed E-state index contributed by atoms with van der Waals surface area (Å²) in [7, 11) is 0. The first-order chi connectivity index (χ1) is 12.2. The zero-order valence-corrected chi connectivity index (χ0v) is 13.2. The SMILES string of the molecule is O=C1c2cccc3cccc(c23)C(=O)N1Cc1ccc2c(c1)OCO2. The molecule has 0 aliphatic carbocycles. The first kappa shape index (κ1) is 14.0. The van der Waals surface area contributed by atoms with Gasteiger partial charge in [-0.3, -0.25) is 14.5 Å². The third-order valence-electron chi connectivity index (χ3n) is 4.63. The number of carbonyl (C=O) groups is 2. The fourth-order valence-electron chi connectivity index (χ4n) is 3.45. The first-order valence-corrected chi connectivity index (χ1v) is 7.99. The highest BCUT2D eigenvalue weighted by Crippen LogP contribution is 2.34. The van der Waals surface area contributed by atoms with E-state index in [9.17, 15) is 9.59 Å². The van der Waals surface area contributed by atoms with Gasteiger partial charge >= 0.3 is 0 Å². The van der Waals surface area contributed by atoms with Gasteiger partial charge in [-0.2, -0.15) is 0 Å². The van der Waals surface area contributed by atoms with Crippen LogP contribution in [0, 0.1) is 0 Å². The summed E-state index contributed by atoms with van der Waals surface area (Å²) in [5.74, 6) is 0.769. The molecule has 5 nitrogen and oxygen atoms in total. The fourth-order valence-corrected chi connectivity index (χ4v) is 3.45. The summed E-state index contributed by atoms with van der Waals surface area (Å²) in [5.41, 5.74) is 1.94. The molecule has 5 heteroatoms. The van der Waals surface area contributed by atoms with E-state index in [-0.39, 0.29) is 25.2 Å². The molecule has 2 aliphatic heterocycles. The number of ether oxygens (including phenoxy) is 2. The van der Waals surface area contributed by atoms with E-state index in [2.05, 4.69) is 0 Å². The molecule has 0 radical (unpaired) electrons. The van der Waals surface area contributed by atoms with Gasteiger partial charge in [0.15, 0.2) is 11.5 Å². The molecule has 25 heavy (non-hydrogen) atoms. The molecule has 0 bridgehead atoms. The van der Waals surface area contributed by atoms with E-state index in [0.717, 1.165) is 16.3 Å². The van der Waals surface area contributed by atoms with Crippen molar-refractivity contribution < 1.29 is 19.1 Å². The van der Waals surface area contributed by atoms with Crippen molar-refractivity contribution in [3.63, 3.8) is 0 Å².